The van der Waals surface area contributed by atoms with Gasteiger partial charge in [0.15, 0.2) is 0 Å². The van der Waals surface area contributed by atoms with E-state index in [0.717, 1.165) is 19.3 Å². The van der Waals surface area contributed by atoms with Crippen molar-refractivity contribution in [3.8, 4) is 0 Å². The van der Waals surface area contributed by atoms with Crippen LogP contribution in [0.5, 0.6) is 0 Å². The topological polar surface area (TPSA) is 58.2 Å². The monoisotopic (exact) mass is 607 g/mol. The summed E-state index contributed by atoms with van der Waals surface area (Å²) < 4.78 is 0. The first kappa shape index (κ1) is 41.9. The van der Waals surface area contributed by atoms with Gasteiger partial charge < -0.3 is 10.6 Å². The Morgan fingerprint density at radius 1 is 0.302 bits per heavy atom. The van der Waals surface area contributed by atoms with Crippen LogP contribution in [0.4, 0.5) is 0 Å². The van der Waals surface area contributed by atoms with Gasteiger partial charge in [0.25, 0.3) is 0 Å². The van der Waals surface area contributed by atoms with Crippen molar-refractivity contribution >= 4 is 11.8 Å². The van der Waals surface area contributed by atoms with E-state index in [2.05, 4.69) is 24.5 Å². The lowest BCUT2D eigenvalue weighted by Crippen LogP contribution is -2.29. The highest BCUT2D eigenvalue weighted by Crippen LogP contribution is 2.15. The fraction of sp³-hybridized carbons (Fsp3) is 0.949. The highest BCUT2D eigenvalue weighted by molar-refractivity contribution is 5.76. The number of amides is 2. The van der Waals surface area contributed by atoms with Crippen LogP contribution in [0.2, 0.25) is 0 Å². The van der Waals surface area contributed by atoms with Gasteiger partial charge >= 0.3 is 0 Å². The van der Waals surface area contributed by atoms with Crippen LogP contribution >= 0.6 is 0 Å². The zero-order valence-corrected chi connectivity index (χ0v) is 29.6. The number of carbonyl (C=O) groups is 2. The molecule has 0 aliphatic rings. The smallest absolute Gasteiger partial charge is 0.219 e. The number of carbonyl (C=O) groups excluding carboxylic acids is 2. The largest absolute Gasteiger partial charge is 0.356 e. The van der Waals surface area contributed by atoms with Crippen molar-refractivity contribution in [2.75, 3.05) is 13.1 Å². The summed E-state index contributed by atoms with van der Waals surface area (Å²) >= 11 is 0. The van der Waals surface area contributed by atoms with Crippen molar-refractivity contribution in [3.05, 3.63) is 0 Å². The summed E-state index contributed by atoms with van der Waals surface area (Å²) in [7, 11) is 0. The molecule has 0 rings (SSSR count). The first-order chi connectivity index (χ1) is 21.2. The average molecular weight is 607 g/mol. The molecule has 0 aromatic carbocycles. The van der Waals surface area contributed by atoms with Crippen molar-refractivity contribution in [3.63, 3.8) is 0 Å². The van der Waals surface area contributed by atoms with Crippen LogP contribution < -0.4 is 10.6 Å². The van der Waals surface area contributed by atoms with Gasteiger partial charge in [-0.05, 0) is 19.3 Å². The molecule has 0 atom stereocenters. The van der Waals surface area contributed by atoms with Crippen LogP contribution in [-0.2, 0) is 9.59 Å². The molecule has 0 saturated carbocycles. The van der Waals surface area contributed by atoms with Crippen molar-refractivity contribution in [2.24, 2.45) is 0 Å². The number of nitrogens with one attached hydrogen (secondary N) is 2. The van der Waals surface area contributed by atoms with Gasteiger partial charge in [-0.1, -0.05) is 194 Å². The van der Waals surface area contributed by atoms with Crippen LogP contribution in [0.3, 0.4) is 0 Å². The Kier molecular flexibility index (Phi) is 36.2. The Bertz CT molecular complexity index is 517. The zero-order valence-electron chi connectivity index (χ0n) is 29.6. The molecule has 256 valence electrons. The highest BCUT2D eigenvalue weighted by Gasteiger charge is 2.03. The molecule has 4 heteroatoms. The SMILES string of the molecule is CCCCCCCCCCCCCCCCCC(=O)NCCCNC(=O)CCCCCCCCCCCCCCCCC. The van der Waals surface area contributed by atoms with Crippen molar-refractivity contribution in [1.82, 2.24) is 10.6 Å². The van der Waals surface area contributed by atoms with Gasteiger partial charge in [0.2, 0.25) is 11.8 Å². The summed E-state index contributed by atoms with van der Waals surface area (Å²) in [6.45, 7) is 5.89. The van der Waals surface area contributed by atoms with E-state index in [1.807, 2.05) is 0 Å². The maximum atomic E-state index is 12.0. The molecule has 0 unspecified atom stereocenters. The van der Waals surface area contributed by atoms with Gasteiger partial charge in [0.1, 0.15) is 0 Å². The lowest BCUT2D eigenvalue weighted by atomic mass is 10.0. The number of rotatable bonds is 36. The maximum absolute atomic E-state index is 12.0. The molecule has 0 fully saturated rings. The molecule has 0 radical (unpaired) electrons. The summed E-state index contributed by atoms with van der Waals surface area (Å²) in [5.41, 5.74) is 0. The molecule has 0 aromatic rings. The molecular formula is C39H78N2O2. The first-order valence-corrected chi connectivity index (χ1v) is 19.7. The Labute approximate surface area is 270 Å². The molecule has 0 aliphatic carbocycles. The summed E-state index contributed by atoms with van der Waals surface area (Å²) in [5, 5.41) is 6.03. The highest BCUT2D eigenvalue weighted by atomic mass is 16.2. The van der Waals surface area contributed by atoms with E-state index in [4.69, 9.17) is 0 Å². The fourth-order valence-electron chi connectivity index (χ4n) is 6.03. The van der Waals surface area contributed by atoms with E-state index in [9.17, 15) is 9.59 Å². The van der Waals surface area contributed by atoms with Crippen LogP contribution in [0.1, 0.15) is 226 Å². The summed E-state index contributed by atoms with van der Waals surface area (Å²) in [6.07, 6.45) is 42.5. The van der Waals surface area contributed by atoms with Crippen molar-refractivity contribution in [2.45, 2.75) is 226 Å². The van der Waals surface area contributed by atoms with Gasteiger partial charge in [-0.25, -0.2) is 0 Å². The third-order valence-corrected chi connectivity index (χ3v) is 9.01. The van der Waals surface area contributed by atoms with Crippen molar-refractivity contribution in [1.29, 1.82) is 0 Å². The normalized spacial score (nSPS) is 11.2. The lowest BCUT2D eigenvalue weighted by molar-refractivity contribution is -0.121. The average Bonchev–Trinajstić information content (AvgIpc) is 3.00. The molecule has 0 aliphatic heterocycles. The van der Waals surface area contributed by atoms with Crippen LogP contribution in [0.15, 0.2) is 0 Å². The molecule has 0 heterocycles. The molecule has 0 bridgehead atoms. The van der Waals surface area contributed by atoms with E-state index in [1.54, 1.807) is 0 Å². The Morgan fingerprint density at radius 2 is 0.512 bits per heavy atom. The van der Waals surface area contributed by atoms with E-state index in [0.29, 0.717) is 25.9 Å². The molecule has 0 saturated heterocycles. The second kappa shape index (κ2) is 37.1. The second-order valence-electron chi connectivity index (χ2n) is 13.5. The predicted molar refractivity (Wildman–Crippen MR) is 190 cm³/mol. The molecular weight excluding hydrogens is 528 g/mol. The molecule has 43 heavy (non-hydrogen) atoms. The number of hydrogen-bond acceptors (Lipinski definition) is 2. The third kappa shape index (κ3) is 37.0. The van der Waals surface area contributed by atoms with Gasteiger partial charge in [-0.2, -0.15) is 0 Å². The molecule has 2 amide bonds. The summed E-state index contributed by atoms with van der Waals surface area (Å²) in [6, 6.07) is 0. The van der Waals surface area contributed by atoms with Gasteiger partial charge in [-0.15, -0.1) is 0 Å². The van der Waals surface area contributed by atoms with Gasteiger partial charge in [0, 0.05) is 25.9 Å². The summed E-state index contributed by atoms with van der Waals surface area (Å²) in [4.78, 5) is 24.1. The minimum atomic E-state index is 0.166. The molecule has 0 spiro atoms. The van der Waals surface area contributed by atoms with Crippen molar-refractivity contribution < 1.29 is 9.59 Å². The number of hydrogen-bond donors (Lipinski definition) is 2. The Hall–Kier alpha value is -1.06. The Balaban J connectivity index is 3.25. The maximum Gasteiger partial charge on any atom is 0.219 e. The second-order valence-corrected chi connectivity index (χ2v) is 13.5. The van der Waals surface area contributed by atoms with E-state index >= 15 is 0 Å². The van der Waals surface area contributed by atoms with Crippen LogP contribution in [0.25, 0.3) is 0 Å². The predicted octanol–water partition coefficient (Wildman–Crippen LogP) is 12.1. The standard InChI is InChI=1S/C39H78N2O2/c1-3-5-7-9-11-13-15-17-19-21-23-25-27-29-31-34-38(42)40-36-33-37-41-39(43)35-32-30-28-26-24-22-20-18-16-14-12-10-8-6-4-2/h3-37H2,1-2H3,(H,40,42)(H,41,43). The molecule has 0 aromatic heterocycles. The zero-order chi connectivity index (χ0) is 31.3. The molecule has 4 nitrogen and oxygen atoms in total. The van der Waals surface area contributed by atoms with Crippen LogP contribution in [-0.4, -0.2) is 24.9 Å². The van der Waals surface area contributed by atoms with Gasteiger partial charge in [-0.3, -0.25) is 9.59 Å². The number of unbranched alkanes of at least 4 members (excludes halogenated alkanes) is 28. The summed E-state index contributed by atoms with van der Waals surface area (Å²) in [5.74, 6) is 0.331. The molecule has 2 N–H and O–H groups in total. The minimum Gasteiger partial charge on any atom is -0.356 e. The van der Waals surface area contributed by atoms with Crippen LogP contribution in [0, 0.1) is 0 Å². The van der Waals surface area contributed by atoms with E-state index < -0.39 is 0 Å². The van der Waals surface area contributed by atoms with E-state index in [-0.39, 0.29) is 11.8 Å². The van der Waals surface area contributed by atoms with Gasteiger partial charge in [0.05, 0.1) is 0 Å². The minimum absolute atomic E-state index is 0.166. The fourth-order valence-corrected chi connectivity index (χ4v) is 6.03. The van der Waals surface area contributed by atoms with E-state index in [1.165, 1.54) is 180 Å². The first-order valence-electron chi connectivity index (χ1n) is 19.7. The lowest BCUT2D eigenvalue weighted by Gasteiger charge is -2.07. The third-order valence-electron chi connectivity index (χ3n) is 9.01. The Morgan fingerprint density at radius 3 is 0.744 bits per heavy atom. The quantitative estimate of drug-likeness (QED) is 0.0697.